The van der Waals surface area contributed by atoms with Gasteiger partial charge in [0.05, 0.1) is 12.7 Å². The predicted octanol–water partition coefficient (Wildman–Crippen LogP) is 3.79. The molecule has 166 valence electrons. The van der Waals surface area contributed by atoms with Gasteiger partial charge < -0.3 is 14.5 Å². The summed E-state index contributed by atoms with van der Waals surface area (Å²) in [7, 11) is 1.58. The van der Waals surface area contributed by atoms with Crippen molar-refractivity contribution in [1.82, 2.24) is 14.9 Å². The van der Waals surface area contributed by atoms with Crippen LogP contribution in [0.25, 0.3) is 0 Å². The van der Waals surface area contributed by atoms with Crippen LogP contribution in [0, 0.1) is 19.7 Å². The van der Waals surface area contributed by atoms with E-state index in [2.05, 4.69) is 9.88 Å². The number of aryl methyl sites for hydroxylation is 2. The molecule has 0 aliphatic carbocycles. The first kappa shape index (κ1) is 21.7. The maximum absolute atomic E-state index is 13.3. The molecule has 1 aliphatic rings. The first-order valence-electron chi connectivity index (χ1n) is 10.7. The van der Waals surface area contributed by atoms with Crippen molar-refractivity contribution in [2.45, 2.75) is 20.3 Å². The number of para-hydroxylation sites is 1. The molecule has 32 heavy (non-hydrogen) atoms. The summed E-state index contributed by atoms with van der Waals surface area (Å²) in [5, 5.41) is 0. The van der Waals surface area contributed by atoms with Gasteiger partial charge in [0.1, 0.15) is 23.2 Å². The maximum atomic E-state index is 13.3. The van der Waals surface area contributed by atoms with Gasteiger partial charge in [0, 0.05) is 43.9 Å². The Morgan fingerprint density at radius 1 is 1.00 bits per heavy atom. The standard InChI is InChI=1S/C25H27FN4O2/c1-17-22(16-19-8-10-20(26)11-9-19)24(28-18(2)27-17)29-12-14-30(15-13-29)25(31)21-6-4-5-7-23(21)32-3/h4-11H,12-16H2,1-3H3. The fourth-order valence-electron chi connectivity index (χ4n) is 4.11. The second-order valence-corrected chi connectivity index (χ2v) is 7.94. The summed E-state index contributed by atoms with van der Waals surface area (Å²) >= 11 is 0. The molecule has 1 amide bonds. The van der Waals surface area contributed by atoms with E-state index in [0.29, 0.717) is 49.7 Å². The summed E-state index contributed by atoms with van der Waals surface area (Å²) in [4.78, 5) is 26.4. The average molecular weight is 435 g/mol. The lowest BCUT2D eigenvalue weighted by Crippen LogP contribution is -2.49. The number of anilines is 1. The molecule has 4 rings (SSSR count). The van der Waals surface area contributed by atoms with E-state index in [1.807, 2.05) is 30.9 Å². The number of carbonyl (C=O) groups is 1. The number of halogens is 1. The van der Waals surface area contributed by atoms with Gasteiger partial charge in [-0.25, -0.2) is 14.4 Å². The molecule has 2 heterocycles. The molecular weight excluding hydrogens is 407 g/mol. The molecule has 1 aliphatic heterocycles. The molecule has 7 heteroatoms. The normalized spacial score (nSPS) is 13.9. The number of ether oxygens (including phenoxy) is 1. The van der Waals surface area contributed by atoms with Crippen LogP contribution in [0.2, 0.25) is 0 Å². The minimum Gasteiger partial charge on any atom is -0.496 e. The van der Waals surface area contributed by atoms with Crippen LogP contribution < -0.4 is 9.64 Å². The Labute approximate surface area is 187 Å². The fraction of sp³-hybridized carbons (Fsp3) is 0.320. The average Bonchev–Trinajstić information content (AvgIpc) is 2.81. The van der Waals surface area contributed by atoms with Crippen molar-refractivity contribution in [3.63, 3.8) is 0 Å². The molecule has 6 nitrogen and oxygen atoms in total. The Bertz CT molecular complexity index is 1110. The monoisotopic (exact) mass is 434 g/mol. The van der Waals surface area contributed by atoms with E-state index in [-0.39, 0.29) is 11.7 Å². The largest absolute Gasteiger partial charge is 0.496 e. The summed E-state index contributed by atoms with van der Waals surface area (Å²) in [6.07, 6.45) is 0.627. The van der Waals surface area contributed by atoms with Crippen LogP contribution in [0.1, 0.15) is 33.0 Å². The van der Waals surface area contributed by atoms with E-state index in [4.69, 9.17) is 9.72 Å². The second-order valence-electron chi connectivity index (χ2n) is 7.94. The number of methoxy groups -OCH3 is 1. The predicted molar refractivity (Wildman–Crippen MR) is 122 cm³/mol. The Balaban J connectivity index is 1.53. The van der Waals surface area contributed by atoms with Gasteiger partial charge in [0.15, 0.2) is 0 Å². The van der Waals surface area contributed by atoms with E-state index in [9.17, 15) is 9.18 Å². The molecule has 0 atom stereocenters. The van der Waals surface area contributed by atoms with Crippen LogP contribution >= 0.6 is 0 Å². The van der Waals surface area contributed by atoms with Crippen LogP contribution in [0.15, 0.2) is 48.5 Å². The van der Waals surface area contributed by atoms with Crippen molar-refractivity contribution >= 4 is 11.7 Å². The summed E-state index contributed by atoms with van der Waals surface area (Å²) in [6.45, 7) is 6.41. The molecule has 1 fully saturated rings. The van der Waals surface area contributed by atoms with E-state index < -0.39 is 0 Å². The third-order valence-corrected chi connectivity index (χ3v) is 5.80. The zero-order valence-corrected chi connectivity index (χ0v) is 18.6. The molecule has 0 saturated carbocycles. The topological polar surface area (TPSA) is 58.6 Å². The Hall–Kier alpha value is -3.48. The van der Waals surface area contributed by atoms with Crippen LogP contribution in [0.4, 0.5) is 10.2 Å². The van der Waals surface area contributed by atoms with Crippen molar-refractivity contribution in [3.05, 3.63) is 82.6 Å². The van der Waals surface area contributed by atoms with Crippen molar-refractivity contribution in [2.75, 3.05) is 38.2 Å². The van der Waals surface area contributed by atoms with E-state index >= 15 is 0 Å². The summed E-state index contributed by atoms with van der Waals surface area (Å²) in [6, 6.07) is 13.8. The van der Waals surface area contributed by atoms with Crippen LogP contribution in [-0.4, -0.2) is 54.1 Å². The highest BCUT2D eigenvalue weighted by atomic mass is 19.1. The highest BCUT2D eigenvalue weighted by molar-refractivity contribution is 5.97. The van der Waals surface area contributed by atoms with Crippen LogP contribution in [0.5, 0.6) is 5.75 Å². The number of carbonyl (C=O) groups excluding carboxylic acids is 1. The molecule has 0 bridgehead atoms. The van der Waals surface area contributed by atoms with E-state index in [0.717, 1.165) is 22.6 Å². The molecule has 0 spiro atoms. The number of hydrogen-bond acceptors (Lipinski definition) is 5. The van der Waals surface area contributed by atoms with Gasteiger partial charge in [0.25, 0.3) is 5.91 Å². The lowest BCUT2D eigenvalue weighted by Gasteiger charge is -2.36. The minimum atomic E-state index is -0.248. The SMILES string of the molecule is COc1ccccc1C(=O)N1CCN(c2nc(C)nc(C)c2Cc2ccc(F)cc2)CC1. The number of nitrogens with zero attached hydrogens (tertiary/aromatic N) is 4. The van der Waals surface area contributed by atoms with Crippen LogP contribution in [-0.2, 0) is 6.42 Å². The maximum Gasteiger partial charge on any atom is 0.257 e. The third-order valence-electron chi connectivity index (χ3n) is 5.80. The molecule has 0 N–H and O–H groups in total. The number of hydrogen-bond donors (Lipinski definition) is 0. The fourth-order valence-corrected chi connectivity index (χ4v) is 4.11. The first-order chi connectivity index (χ1) is 15.5. The number of aromatic nitrogens is 2. The van der Waals surface area contributed by atoms with Crippen molar-refractivity contribution in [3.8, 4) is 5.75 Å². The number of rotatable bonds is 5. The highest BCUT2D eigenvalue weighted by Gasteiger charge is 2.26. The Morgan fingerprint density at radius 2 is 1.69 bits per heavy atom. The summed E-state index contributed by atoms with van der Waals surface area (Å²) in [5.74, 6) is 1.92. The molecule has 0 radical (unpaired) electrons. The van der Waals surface area contributed by atoms with Crippen molar-refractivity contribution in [2.24, 2.45) is 0 Å². The van der Waals surface area contributed by atoms with Gasteiger partial charge in [-0.1, -0.05) is 24.3 Å². The van der Waals surface area contributed by atoms with Gasteiger partial charge in [-0.2, -0.15) is 0 Å². The second kappa shape index (κ2) is 9.34. The molecule has 3 aromatic rings. The molecule has 0 unspecified atom stereocenters. The quantitative estimate of drug-likeness (QED) is 0.612. The zero-order valence-electron chi connectivity index (χ0n) is 18.6. The Kier molecular flexibility index (Phi) is 6.35. The molecular formula is C25H27FN4O2. The third kappa shape index (κ3) is 4.56. The van der Waals surface area contributed by atoms with Crippen molar-refractivity contribution in [1.29, 1.82) is 0 Å². The first-order valence-corrected chi connectivity index (χ1v) is 10.7. The highest BCUT2D eigenvalue weighted by Crippen LogP contribution is 2.26. The zero-order chi connectivity index (χ0) is 22.7. The summed E-state index contributed by atoms with van der Waals surface area (Å²) < 4.78 is 18.7. The number of amides is 1. The van der Waals surface area contributed by atoms with Gasteiger partial charge in [-0.15, -0.1) is 0 Å². The van der Waals surface area contributed by atoms with Crippen molar-refractivity contribution < 1.29 is 13.9 Å². The van der Waals surface area contributed by atoms with Gasteiger partial charge >= 0.3 is 0 Å². The van der Waals surface area contributed by atoms with E-state index in [1.54, 1.807) is 31.4 Å². The van der Waals surface area contributed by atoms with Gasteiger partial charge in [-0.05, 0) is 43.7 Å². The smallest absolute Gasteiger partial charge is 0.257 e. The number of benzene rings is 2. The number of piperazine rings is 1. The van der Waals surface area contributed by atoms with E-state index in [1.165, 1.54) is 12.1 Å². The van der Waals surface area contributed by atoms with Crippen LogP contribution in [0.3, 0.4) is 0 Å². The minimum absolute atomic E-state index is 0.0244. The van der Waals surface area contributed by atoms with Gasteiger partial charge in [0.2, 0.25) is 0 Å². The molecule has 1 aromatic heterocycles. The Morgan fingerprint density at radius 3 is 2.38 bits per heavy atom. The molecule has 2 aromatic carbocycles. The summed E-state index contributed by atoms with van der Waals surface area (Å²) in [5.41, 5.74) is 3.54. The van der Waals surface area contributed by atoms with Gasteiger partial charge in [-0.3, -0.25) is 4.79 Å². The lowest BCUT2D eigenvalue weighted by molar-refractivity contribution is 0.0743. The molecule has 1 saturated heterocycles. The lowest BCUT2D eigenvalue weighted by atomic mass is 10.0.